The Bertz CT molecular complexity index is 673. The molecule has 0 radical (unpaired) electrons. The lowest BCUT2D eigenvalue weighted by molar-refractivity contribution is 0.489. The second-order valence-electron chi connectivity index (χ2n) is 4.63. The Morgan fingerprint density at radius 1 is 1.15 bits per heavy atom. The fourth-order valence-corrected chi connectivity index (χ4v) is 2.76. The Morgan fingerprint density at radius 2 is 1.90 bits per heavy atom. The third kappa shape index (κ3) is 2.71. The minimum absolute atomic E-state index is 0.110. The van der Waals surface area contributed by atoms with E-state index in [-0.39, 0.29) is 6.04 Å². The van der Waals surface area contributed by atoms with Gasteiger partial charge in [-0.05, 0) is 48.0 Å². The molecule has 0 saturated carbocycles. The van der Waals surface area contributed by atoms with E-state index in [4.69, 9.17) is 10.2 Å². The summed E-state index contributed by atoms with van der Waals surface area (Å²) in [6.45, 7) is 2.09. The number of para-hydroxylation sites is 2. The van der Waals surface area contributed by atoms with Crippen LogP contribution in [-0.2, 0) is 0 Å². The minimum atomic E-state index is 0.110. The predicted octanol–water partition coefficient (Wildman–Crippen LogP) is 4.39. The number of rotatable bonds is 4. The molecule has 0 bridgehead atoms. The van der Waals surface area contributed by atoms with Crippen LogP contribution in [0.25, 0.3) is 11.1 Å². The highest BCUT2D eigenvalue weighted by molar-refractivity contribution is 7.99. The zero-order valence-electron chi connectivity index (χ0n) is 11.2. The van der Waals surface area contributed by atoms with E-state index in [0.29, 0.717) is 5.22 Å². The smallest absolute Gasteiger partial charge is 0.261 e. The van der Waals surface area contributed by atoms with Crippen molar-refractivity contribution in [2.24, 2.45) is 5.73 Å². The first-order chi connectivity index (χ1) is 9.76. The van der Waals surface area contributed by atoms with Crippen molar-refractivity contribution in [3.8, 4) is 0 Å². The molecule has 1 unspecified atom stereocenters. The Kier molecular flexibility index (Phi) is 3.76. The molecule has 0 aliphatic rings. The minimum Gasteiger partial charge on any atom is -0.431 e. The van der Waals surface area contributed by atoms with Crippen LogP contribution >= 0.6 is 11.8 Å². The maximum Gasteiger partial charge on any atom is 0.261 e. The number of nitrogens with two attached hydrogens (primary N) is 1. The van der Waals surface area contributed by atoms with Crippen molar-refractivity contribution in [1.29, 1.82) is 0 Å². The van der Waals surface area contributed by atoms with Crippen LogP contribution in [0, 0.1) is 0 Å². The fraction of sp³-hybridized carbons (Fsp3) is 0.188. The van der Waals surface area contributed by atoms with Gasteiger partial charge < -0.3 is 10.2 Å². The van der Waals surface area contributed by atoms with E-state index >= 15 is 0 Å². The van der Waals surface area contributed by atoms with E-state index in [1.165, 1.54) is 11.8 Å². The summed E-state index contributed by atoms with van der Waals surface area (Å²) in [6, 6.07) is 16.1. The molecule has 2 N–H and O–H groups in total. The van der Waals surface area contributed by atoms with E-state index in [2.05, 4.69) is 36.2 Å². The zero-order chi connectivity index (χ0) is 13.9. The maximum atomic E-state index is 6.01. The molecule has 3 aromatic rings. The fourth-order valence-electron chi connectivity index (χ4n) is 2.01. The molecule has 3 nitrogen and oxygen atoms in total. The third-order valence-electron chi connectivity index (χ3n) is 3.23. The Labute approximate surface area is 122 Å². The lowest BCUT2D eigenvalue weighted by Crippen LogP contribution is -2.07. The van der Waals surface area contributed by atoms with Crippen molar-refractivity contribution >= 4 is 22.9 Å². The SMILES string of the molecule is CCC(N)c1ccc(Sc2nc3ccccc3o2)cc1. The summed E-state index contributed by atoms with van der Waals surface area (Å²) in [5.41, 5.74) is 8.88. The summed E-state index contributed by atoms with van der Waals surface area (Å²) in [4.78, 5) is 5.55. The second kappa shape index (κ2) is 5.69. The standard InChI is InChI=1S/C16H16N2OS/c1-2-13(17)11-7-9-12(10-8-11)20-16-18-14-5-3-4-6-15(14)19-16/h3-10,13H,2,17H2,1H3. The quantitative estimate of drug-likeness (QED) is 0.772. The van der Waals surface area contributed by atoms with Gasteiger partial charge in [-0.3, -0.25) is 0 Å². The first kappa shape index (κ1) is 13.2. The summed E-state index contributed by atoms with van der Waals surface area (Å²) in [5, 5.41) is 0.665. The van der Waals surface area contributed by atoms with Gasteiger partial charge in [0, 0.05) is 10.9 Å². The number of aromatic nitrogens is 1. The normalized spacial score (nSPS) is 12.7. The summed E-state index contributed by atoms with van der Waals surface area (Å²) in [6.07, 6.45) is 0.942. The molecule has 1 heterocycles. The van der Waals surface area contributed by atoms with Crippen molar-refractivity contribution < 1.29 is 4.42 Å². The van der Waals surface area contributed by atoms with Crippen LogP contribution in [0.15, 0.2) is 63.1 Å². The van der Waals surface area contributed by atoms with E-state index in [0.717, 1.165) is 28.0 Å². The lowest BCUT2D eigenvalue weighted by Gasteiger charge is -2.08. The average molecular weight is 284 g/mol. The van der Waals surface area contributed by atoms with E-state index < -0.39 is 0 Å². The van der Waals surface area contributed by atoms with E-state index in [9.17, 15) is 0 Å². The number of hydrogen-bond donors (Lipinski definition) is 1. The predicted molar refractivity (Wildman–Crippen MR) is 81.8 cm³/mol. The Balaban J connectivity index is 1.80. The van der Waals surface area contributed by atoms with Crippen LogP contribution in [0.5, 0.6) is 0 Å². The molecule has 20 heavy (non-hydrogen) atoms. The van der Waals surface area contributed by atoms with Crippen molar-refractivity contribution in [2.45, 2.75) is 29.5 Å². The summed E-state index contributed by atoms with van der Waals surface area (Å²) >= 11 is 1.52. The molecule has 0 aliphatic heterocycles. The zero-order valence-corrected chi connectivity index (χ0v) is 12.1. The van der Waals surface area contributed by atoms with Crippen LogP contribution in [0.1, 0.15) is 24.9 Å². The van der Waals surface area contributed by atoms with Crippen LogP contribution in [0.4, 0.5) is 0 Å². The van der Waals surface area contributed by atoms with Crippen molar-refractivity contribution in [3.05, 3.63) is 54.1 Å². The molecule has 1 aromatic heterocycles. The number of hydrogen-bond acceptors (Lipinski definition) is 4. The monoisotopic (exact) mass is 284 g/mol. The second-order valence-corrected chi connectivity index (χ2v) is 5.66. The Hall–Kier alpha value is -1.78. The van der Waals surface area contributed by atoms with Gasteiger partial charge in [-0.1, -0.05) is 31.2 Å². The van der Waals surface area contributed by atoms with Gasteiger partial charge in [0.2, 0.25) is 0 Å². The summed E-state index contributed by atoms with van der Waals surface area (Å²) in [7, 11) is 0. The third-order valence-corrected chi connectivity index (χ3v) is 4.08. The Morgan fingerprint density at radius 3 is 2.60 bits per heavy atom. The first-order valence-corrected chi connectivity index (χ1v) is 7.47. The summed E-state index contributed by atoms with van der Waals surface area (Å²) < 4.78 is 5.70. The number of nitrogens with zero attached hydrogens (tertiary/aromatic N) is 1. The van der Waals surface area contributed by atoms with Crippen molar-refractivity contribution in [3.63, 3.8) is 0 Å². The highest BCUT2D eigenvalue weighted by atomic mass is 32.2. The lowest BCUT2D eigenvalue weighted by atomic mass is 10.1. The molecule has 2 aromatic carbocycles. The number of fused-ring (bicyclic) bond motifs is 1. The molecule has 0 aliphatic carbocycles. The molecule has 0 saturated heterocycles. The average Bonchev–Trinajstić information content (AvgIpc) is 2.89. The van der Waals surface area contributed by atoms with Gasteiger partial charge in [-0.25, -0.2) is 4.98 Å². The molecule has 0 amide bonds. The van der Waals surface area contributed by atoms with Gasteiger partial charge in [-0.2, -0.15) is 0 Å². The molecule has 4 heteroatoms. The molecule has 0 fully saturated rings. The molecule has 1 atom stereocenters. The number of benzene rings is 2. The molecule has 102 valence electrons. The van der Waals surface area contributed by atoms with Gasteiger partial charge in [0.05, 0.1) is 0 Å². The topological polar surface area (TPSA) is 52.0 Å². The van der Waals surface area contributed by atoms with Gasteiger partial charge in [-0.15, -0.1) is 0 Å². The van der Waals surface area contributed by atoms with Crippen LogP contribution in [-0.4, -0.2) is 4.98 Å². The summed E-state index contributed by atoms with van der Waals surface area (Å²) in [5.74, 6) is 0. The first-order valence-electron chi connectivity index (χ1n) is 6.65. The maximum absolute atomic E-state index is 6.01. The molecular formula is C16H16N2OS. The molecule has 0 spiro atoms. The van der Waals surface area contributed by atoms with Crippen LogP contribution < -0.4 is 5.73 Å². The van der Waals surface area contributed by atoms with Gasteiger partial charge in [0.25, 0.3) is 5.22 Å². The van der Waals surface area contributed by atoms with Gasteiger partial charge >= 0.3 is 0 Å². The van der Waals surface area contributed by atoms with E-state index in [1.54, 1.807) is 0 Å². The number of oxazole rings is 1. The highest BCUT2D eigenvalue weighted by Crippen LogP contribution is 2.30. The van der Waals surface area contributed by atoms with E-state index in [1.807, 2.05) is 24.3 Å². The van der Waals surface area contributed by atoms with Crippen LogP contribution in [0.3, 0.4) is 0 Å². The van der Waals surface area contributed by atoms with Gasteiger partial charge in [0.1, 0.15) is 5.52 Å². The van der Waals surface area contributed by atoms with Crippen LogP contribution in [0.2, 0.25) is 0 Å². The largest absolute Gasteiger partial charge is 0.431 e. The highest BCUT2D eigenvalue weighted by Gasteiger charge is 2.08. The van der Waals surface area contributed by atoms with Gasteiger partial charge in [0.15, 0.2) is 5.58 Å². The van der Waals surface area contributed by atoms with Crippen molar-refractivity contribution in [1.82, 2.24) is 4.98 Å². The van der Waals surface area contributed by atoms with Crippen molar-refractivity contribution in [2.75, 3.05) is 0 Å². The molecule has 3 rings (SSSR count). The molecular weight excluding hydrogens is 268 g/mol.